The van der Waals surface area contributed by atoms with E-state index in [0.717, 1.165) is 50.6 Å². The zero-order valence-electron chi connectivity index (χ0n) is 48.6. The van der Waals surface area contributed by atoms with Gasteiger partial charge in [-0.2, -0.15) is 0 Å². The monoisotopic (exact) mass is 1130 g/mol. The summed E-state index contributed by atoms with van der Waals surface area (Å²) in [6.45, 7) is 6.92. The van der Waals surface area contributed by atoms with E-state index in [4.69, 9.17) is 0 Å². The first kappa shape index (κ1) is 51.1. The van der Waals surface area contributed by atoms with Crippen molar-refractivity contribution < 1.29 is 0 Å². The van der Waals surface area contributed by atoms with Crippen LogP contribution in [0.1, 0.15) is 26.3 Å². The smallest absolute Gasteiger partial charge is 0.251 e. The first-order valence-corrected chi connectivity index (χ1v) is 31.1. The van der Waals surface area contributed by atoms with Gasteiger partial charge in [0.15, 0.2) is 0 Å². The lowest BCUT2D eigenvalue weighted by atomic mass is 9.33. The first-order chi connectivity index (χ1) is 42.8. The molecule has 0 N–H and O–H groups in total. The van der Waals surface area contributed by atoms with Crippen LogP contribution < -0.4 is 21.3 Å². The molecule has 0 atom stereocenters. The van der Waals surface area contributed by atoms with Gasteiger partial charge in [-0.25, -0.2) is 0 Å². The SMILES string of the molecule is CC(C)(C)c1cc2c3c(c1)N(c1c(-c4ccccc4)cc(-c4ccccc4)cc1-c1ccccc1)c1cc(-n4c5ccccc5c5ccccc54)cc(-c4ccccc4)c1B3c1c(cc(-n3c4ccccc4c4ccccc43)cc1-c1ccccc1)S2. The Bertz CT molecular complexity index is 5050. The second kappa shape index (κ2) is 20.2. The second-order valence-corrected chi connectivity index (χ2v) is 25.4. The average Bonchev–Trinajstić information content (AvgIpc) is 1.32. The van der Waals surface area contributed by atoms with Crippen LogP contribution in [0.3, 0.4) is 0 Å². The van der Waals surface area contributed by atoms with Crippen LogP contribution in [0, 0.1) is 0 Å². The molecule has 87 heavy (non-hydrogen) atoms. The molecule has 2 aliphatic heterocycles. The Balaban J connectivity index is 1.07. The molecule has 0 bridgehead atoms. The number of para-hydroxylation sites is 4. The molecule has 17 rings (SSSR count). The van der Waals surface area contributed by atoms with Crippen molar-refractivity contribution in [2.75, 3.05) is 4.90 Å². The van der Waals surface area contributed by atoms with Crippen molar-refractivity contribution in [3.8, 4) is 67.0 Å². The van der Waals surface area contributed by atoms with Gasteiger partial charge in [-0.1, -0.05) is 257 Å². The lowest BCUT2D eigenvalue weighted by molar-refractivity contribution is 0.589. The Hall–Kier alpha value is -10.3. The summed E-state index contributed by atoms with van der Waals surface area (Å²) in [5, 5.41) is 4.96. The van der Waals surface area contributed by atoms with Gasteiger partial charge in [-0.3, -0.25) is 0 Å². The molecule has 13 aromatic carbocycles. The lowest BCUT2D eigenvalue weighted by Gasteiger charge is -2.44. The zero-order chi connectivity index (χ0) is 57.9. The number of fused-ring (bicyclic) bond motifs is 10. The van der Waals surface area contributed by atoms with Crippen LogP contribution in [0.5, 0.6) is 0 Å². The van der Waals surface area contributed by atoms with Crippen LogP contribution in [0.4, 0.5) is 17.1 Å². The molecular weight excluding hydrogens is 1070 g/mol. The second-order valence-electron chi connectivity index (χ2n) is 24.3. The van der Waals surface area contributed by atoms with Gasteiger partial charge in [0.2, 0.25) is 0 Å². The summed E-state index contributed by atoms with van der Waals surface area (Å²) in [4.78, 5) is 5.26. The molecule has 0 unspecified atom stereocenters. The predicted molar refractivity (Wildman–Crippen MR) is 371 cm³/mol. The molecule has 410 valence electrons. The highest BCUT2D eigenvalue weighted by molar-refractivity contribution is 8.00. The molecule has 3 nitrogen and oxygen atoms in total. The normalized spacial score (nSPS) is 12.7. The fourth-order valence-electron chi connectivity index (χ4n) is 14.4. The number of hydrogen-bond donors (Lipinski definition) is 0. The lowest BCUT2D eigenvalue weighted by Crippen LogP contribution is -2.61. The maximum atomic E-state index is 2.73. The van der Waals surface area contributed by atoms with Gasteiger partial charge >= 0.3 is 0 Å². The van der Waals surface area contributed by atoms with Crippen LogP contribution in [0.2, 0.25) is 0 Å². The molecule has 2 aromatic heterocycles. The number of anilines is 3. The van der Waals surface area contributed by atoms with Crippen LogP contribution in [0.15, 0.2) is 307 Å². The van der Waals surface area contributed by atoms with E-state index in [1.165, 1.54) is 109 Å². The summed E-state index contributed by atoms with van der Waals surface area (Å²) >= 11 is 1.95. The topological polar surface area (TPSA) is 13.1 Å². The van der Waals surface area contributed by atoms with Gasteiger partial charge in [0, 0.05) is 65.2 Å². The average molecular weight is 1130 g/mol. The van der Waals surface area contributed by atoms with Gasteiger partial charge < -0.3 is 14.0 Å². The van der Waals surface area contributed by atoms with Gasteiger partial charge in [-0.15, -0.1) is 0 Å². The maximum absolute atomic E-state index is 2.73. The van der Waals surface area contributed by atoms with Crippen LogP contribution in [0.25, 0.3) is 111 Å². The maximum Gasteiger partial charge on any atom is 0.251 e. The van der Waals surface area contributed by atoms with Gasteiger partial charge in [0.05, 0.1) is 27.8 Å². The molecule has 0 radical (unpaired) electrons. The third-order valence-electron chi connectivity index (χ3n) is 18.3. The molecular formula is C82H58BN3S. The summed E-state index contributed by atoms with van der Waals surface area (Å²) in [6.07, 6.45) is 0. The van der Waals surface area contributed by atoms with E-state index in [1.807, 2.05) is 11.8 Å². The number of benzene rings is 13. The summed E-state index contributed by atoms with van der Waals surface area (Å²) < 4.78 is 5.03. The highest BCUT2D eigenvalue weighted by Crippen LogP contribution is 2.53. The van der Waals surface area contributed by atoms with E-state index in [2.05, 4.69) is 332 Å². The van der Waals surface area contributed by atoms with Gasteiger partial charge in [-0.05, 0) is 145 Å². The Morgan fingerprint density at radius 1 is 0.299 bits per heavy atom. The molecule has 0 saturated heterocycles. The largest absolute Gasteiger partial charge is 0.310 e. The molecule has 15 aromatic rings. The van der Waals surface area contributed by atoms with Crippen molar-refractivity contribution in [1.82, 2.24) is 9.13 Å². The zero-order valence-corrected chi connectivity index (χ0v) is 49.4. The van der Waals surface area contributed by atoms with Crippen molar-refractivity contribution in [1.29, 1.82) is 0 Å². The minimum atomic E-state index is -0.213. The van der Waals surface area contributed by atoms with E-state index < -0.39 is 0 Å². The minimum Gasteiger partial charge on any atom is -0.310 e. The standard InChI is InChI=1S/C82H58BN3S/c1-82(2,3)59-47-74-80-76(48-59)87-77-52-61(85-72-43-25-21-39-64(72)65-40-22-26-44-73(65)85)50-67(55-31-13-6-14-32-55)79(77)83(80)78-66(54-29-11-5-12-30-54)49-60(84-70-41-23-19-37-62(70)63-38-20-24-42-71(63)84)51-75(78)86(74)81-68(56-33-15-7-16-34-56)45-58(53-27-9-4-10-28-53)46-69(81)57-35-17-8-18-36-57/h4-52H,1-3H3. The Morgan fingerprint density at radius 2 is 0.655 bits per heavy atom. The molecule has 5 heteroatoms. The third kappa shape index (κ3) is 8.21. The number of aromatic nitrogens is 2. The van der Waals surface area contributed by atoms with E-state index in [-0.39, 0.29) is 12.1 Å². The van der Waals surface area contributed by atoms with E-state index in [1.54, 1.807) is 0 Å². The van der Waals surface area contributed by atoms with Crippen molar-refractivity contribution in [2.24, 2.45) is 0 Å². The van der Waals surface area contributed by atoms with Crippen molar-refractivity contribution >= 4 is 95.5 Å². The van der Waals surface area contributed by atoms with Gasteiger partial charge in [0.25, 0.3) is 6.71 Å². The Morgan fingerprint density at radius 3 is 1.09 bits per heavy atom. The molecule has 0 amide bonds. The van der Waals surface area contributed by atoms with Crippen LogP contribution in [-0.4, -0.2) is 15.8 Å². The number of hydrogen-bond acceptors (Lipinski definition) is 2. The third-order valence-corrected chi connectivity index (χ3v) is 19.4. The van der Waals surface area contributed by atoms with E-state index >= 15 is 0 Å². The van der Waals surface area contributed by atoms with E-state index in [0.29, 0.717) is 0 Å². The summed E-state index contributed by atoms with van der Waals surface area (Å²) in [5.41, 5.74) is 27.2. The molecule has 0 saturated carbocycles. The fraction of sp³-hybridized carbons (Fsp3) is 0.0488. The highest BCUT2D eigenvalue weighted by Gasteiger charge is 2.46. The predicted octanol–water partition coefficient (Wildman–Crippen LogP) is 20.3. The summed E-state index contributed by atoms with van der Waals surface area (Å²) in [6, 6.07) is 111. The van der Waals surface area contributed by atoms with Crippen molar-refractivity contribution in [2.45, 2.75) is 36.0 Å². The first-order valence-electron chi connectivity index (χ1n) is 30.3. The molecule has 2 aliphatic rings. The van der Waals surface area contributed by atoms with Gasteiger partial charge in [0.1, 0.15) is 0 Å². The van der Waals surface area contributed by atoms with Crippen molar-refractivity contribution in [3.05, 3.63) is 303 Å². The molecule has 0 spiro atoms. The fourth-order valence-corrected chi connectivity index (χ4v) is 15.6. The number of nitrogens with zero attached hydrogens (tertiary/aromatic N) is 3. The Kier molecular flexibility index (Phi) is 11.8. The van der Waals surface area contributed by atoms with Crippen LogP contribution in [-0.2, 0) is 5.41 Å². The highest BCUT2D eigenvalue weighted by atomic mass is 32.2. The quantitative estimate of drug-likeness (QED) is 0.141. The van der Waals surface area contributed by atoms with Crippen LogP contribution >= 0.6 is 11.8 Å². The molecule has 4 heterocycles. The number of rotatable bonds is 8. The Labute approximate surface area is 512 Å². The van der Waals surface area contributed by atoms with E-state index in [9.17, 15) is 0 Å². The minimum absolute atomic E-state index is 0.208. The summed E-state index contributed by atoms with van der Waals surface area (Å²) in [7, 11) is 0. The van der Waals surface area contributed by atoms with Crippen molar-refractivity contribution in [3.63, 3.8) is 0 Å². The molecule has 0 aliphatic carbocycles. The molecule has 0 fully saturated rings. The summed E-state index contributed by atoms with van der Waals surface area (Å²) in [5.74, 6) is 0.